The van der Waals surface area contributed by atoms with E-state index in [0.29, 0.717) is 12.0 Å². The van der Waals surface area contributed by atoms with Gasteiger partial charge in [-0.3, -0.25) is 0 Å². The van der Waals surface area contributed by atoms with Crippen LogP contribution in [0.2, 0.25) is 0 Å². The van der Waals surface area contributed by atoms with E-state index in [0.717, 1.165) is 0 Å². The molecule has 1 nitrogen and oxygen atoms in total. The van der Waals surface area contributed by atoms with Crippen molar-refractivity contribution >= 4 is 11.8 Å². The predicted molar refractivity (Wildman–Crippen MR) is 41.8 cm³/mol. The first-order valence-electron chi connectivity index (χ1n) is 3.51. The van der Waals surface area contributed by atoms with Crippen LogP contribution in [0.25, 0.3) is 0 Å². The Labute approximate surface area is 60.8 Å². The molecule has 9 heavy (non-hydrogen) atoms. The van der Waals surface area contributed by atoms with Crippen molar-refractivity contribution in [3.63, 3.8) is 0 Å². The number of hydrogen-bond acceptors (Lipinski definition) is 2. The Morgan fingerprint density at radius 1 is 1.56 bits per heavy atom. The van der Waals surface area contributed by atoms with Crippen LogP contribution < -0.4 is 0 Å². The molecule has 0 atom stereocenters. The highest BCUT2D eigenvalue weighted by atomic mass is 32.2. The van der Waals surface area contributed by atoms with Crippen LogP contribution in [0.3, 0.4) is 0 Å². The second-order valence-electron chi connectivity index (χ2n) is 2.80. The van der Waals surface area contributed by atoms with Gasteiger partial charge in [-0.25, -0.2) is 0 Å². The van der Waals surface area contributed by atoms with Gasteiger partial charge in [0.2, 0.25) is 0 Å². The number of aliphatic hydroxyl groups excluding tert-OH is 1. The zero-order valence-corrected chi connectivity index (χ0v) is 6.71. The highest BCUT2D eigenvalue weighted by Gasteiger charge is 2.41. The topological polar surface area (TPSA) is 20.2 Å². The Bertz CT molecular complexity index is 88.9. The minimum absolute atomic E-state index is 0.362. The van der Waals surface area contributed by atoms with Gasteiger partial charge in [0, 0.05) is 17.8 Å². The summed E-state index contributed by atoms with van der Waals surface area (Å²) in [5.41, 5.74) is 0.362. The van der Waals surface area contributed by atoms with Gasteiger partial charge < -0.3 is 5.11 Å². The van der Waals surface area contributed by atoms with Crippen LogP contribution in [-0.2, 0) is 0 Å². The van der Waals surface area contributed by atoms with Gasteiger partial charge in [0.1, 0.15) is 0 Å². The zero-order chi connectivity index (χ0) is 6.74. The van der Waals surface area contributed by atoms with Crippen molar-refractivity contribution in [1.29, 1.82) is 0 Å². The molecule has 0 heterocycles. The largest absolute Gasteiger partial charge is 0.396 e. The van der Waals surface area contributed by atoms with Gasteiger partial charge in [0.05, 0.1) is 0 Å². The van der Waals surface area contributed by atoms with Crippen molar-refractivity contribution in [2.45, 2.75) is 19.8 Å². The average Bonchev–Trinajstić information content (AvgIpc) is 2.65. The summed E-state index contributed by atoms with van der Waals surface area (Å²) in [4.78, 5) is 0. The van der Waals surface area contributed by atoms with Crippen molar-refractivity contribution in [3.8, 4) is 0 Å². The lowest BCUT2D eigenvalue weighted by Gasteiger charge is -2.08. The molecule has 0 aromatic carbocycles. The van der Waals surface area contributed by atoms with E-state index in [1.54, 1.807) is 0 Å². The van der Waals surface area contributed by atoms with Gasteiger partial charge in [-0.15, -0.1) is 0 Å². The SMILES string of the molecule is CCSCC1(CO)CC1. The highest BCUT2D eigenvalue weighted by Crippen LogP contribution is 2.47. The van der Waals surface area contributed by atoms with E-state index in [1.807, 2.05) is 11.8 Å². The molecule has 0 spiro atoms. The van der Waals surface area contributed by atoms with Gasteiger partial charge in [-0.05, 0) is 18.6 Å². The van der Waals surface area contributed by atoms with Crippen molar-refractivity contribution in [2.75, 3.05) is 18.1 Å². The molecule has 1 saturated carbocycles. The number of hydrogen-bond donors (Lipinski definition) is 1. The number of aliphatic hydroxyl groups is 1. The van der Waals surface area contributed by atoms with Gasteiger partial charge in [0.15, 0.2) is 0 Å². The van der Waals surface area contributed by atoms with Crippen molar-refractivity contribution in [1.82, 2.24) is 0 Å². The molecule has 0 aromatic rings. The molecule has 0 radical (unpaired) electrons. The highest BCUT2D eigenvalue weighted by molar-refractivity contribution is 7.99. The summed E-state index contributed by atoms with van der Waals surface area (Å²) in [5.74, 6) is 2.35. The third-order valence-corrected chi connectivity index (χ3v) is 3.13. The molecule has 0 aromatic heterocycles. The van der Waals surface area contributed by atoms with Crippen molar-refractivity contribution in [3.05, 3.63) is 0 Å². The van der Waals surface area contributed by atoms with Crippen molar-refractivity contribution < 1.29 is 5.11 Å². The molecular weight excluding hydrogens is 132 g/mol. The molecule has 2 heteroatoms. The average molecular weight is 146 g/mol. The molecule has 54 valence electrons. The lowest BCUT2D eigenvalue weighted by molar-refractivity contribution is 0.227. The monoisotopic (exact) mass is 146 g/mol. The molecule has 1 rings (SSSR count). The second-order valence-corrected chi connectivity index (χ2v) is 4.07. The normalized spacial score (nSPS) is 22.0. The minimum Gasteiger partial charge on any atom is -0.396 e. The molecule has 0 aliphatic heterocycles. The van der Waals surface area contributed by atoms with Gasteiger partial charge >= 0.3 is 0 Å². The second kappa shape index (κ2) is 2.93. The van der Waals surface area contributed by atoms with Crippen LogP contribution in [0.15, 0.2) is 0 Å². The molecule has 0 saturated heterocycles. The molecule has 1 aliphatic carbocycles. The third kappa shape index (κ3) is 1.87. The molecule has 0 unspecified atom stereocenters. The Kier molecular flexibility index (Phi) is 2.42. The molecule has 1 N–H and O–H groups in total. The lowest BCUT2D eigenvalue weighted by atomic mass is 10.2. The predicted octanol–water partition coefficient (Wildman–Crippen LogP) is 1.51. The quantitative estimate of drug-likeness (QED) is 0.649. The smallest absolute Gasteiger partial charge is 0.0495 e. The van der Waals surface area contributed by atoms with E-state index in [-0.39, 0.29) is 0 Å². The fraction of sp³-hybridized carbons (Fsp3) is 1.00. The molecule has 1 fully saturated rings. The van der Waals surface area contributed by atoms with Crippen LogP contribution in [0.1, 0.15) is 19.8 Å². The summed E-state index contributed by atoms with van der Waals surface area (Å²) < 4.78 is 0. The van der Waals surface area contributed by atoms with E-state index in [4.69, 9.17) is 5.11 Å². The lowest BCUT2D eigenvalue weighted by Crippen LogP contribution is -2.09. The van der Waals surface area contributed by atoms with Crippen LogP contribution in [0.4, 0.5) is 0 Å². The Morgan fingerprint density at radius 2 is 2.22 bits per heavy atom. The van der Waals surface area contributed by atoms with E-state index >= 15 is 0 Å². The van der Waals surface area contributed by atoms with Gasteiger partial charge in [-0.2, -0.15) is 11.8 Å². The molecular formula is C7H14OS. The Morgan fingerprint density at radius 3 is 2.56 bits per heavy atom. The van der Waals surface area contributed by atoms with Crippen LogP contribution in [0.5, 0.6) is 0 Å². The van der Waals surface area contributed by atoms with Crippen LogP contribution in [0, 0.1) is 5.41 Å². The standard InChI is InChI=1S/C7H14OS/c1-2-9-6-7(5-8)3-4-7/h8H,2-6H2,1H3. The summed E-state index contributed by atoms with van der Waals surface area (Å²) in [6.45, 7) is 2.57. The van der Waals surface area contributed by atoms with E-state index in [2.05, 4.69) is 6.92 Å². The van der Waals surface area contributed by atoms with Crippen LogP contribution in [-0.4, -0.2) is 23.2 Å². The maximum atomic E-state index is 8.87. The van der Waals surface area contributed by atoms with E-state index in [1.165, 1.54) is 24.3 Å². The van der Waals surface area contributed by atoms with Gasteiger partial charge in [0.25, 0.3) is 0 Å². The maximum absolute atomic E-state index is 8.87. The van der Waals surface area contributed by atoms with E-state index in [9.17, 15) is 0 Å². The fourth-order valence-corrected chi connectivity index (χ4v) is 1.86. The Balaban J connectivity index is 2.10. The number of rotatable bonds is 4. The number of thioether (sulfide) groups is 1. The first-order chi connectivity index (χ1) is 4.33. The zero-order valence-electron chi connectivity index (χ0n) is 5.89. The Hall–Kier alpha value is 0.310. The van der Waals surface area contributed by atoms with Crippen LogP contribution >= 0.6 is 11.8 Å². The first-order valence-corrected chi connectivity index (χ1v) is 4.67. The third-order valence-electron chi connectivity index (χ3n) is 1.90. The summed E-state index contributed by atoms with van der Waals surface area (Å²) in [7, 11) is 0. The fourth-order valence-electron chi connectivity index (χ4n) is 0.843. The van der Waals surface area contributed by atoms with E-state index < -0.39 is 0 Å². The summed E-state index contributed by atoms with van der Waals surface area (Å²) in [5, 5.41) is 8.87. The maximum Gasteiger partial charge on any atom is 0.0495 e. The molecule has 0 bridgehead atoms. The summed E-state index contributed by atoms with van der Waals surface area (Å²) >= 11 is 1.94. The summed E-state index contributed by atoms with van der Waals surface area (Å²) in [6.07, 6.45) is 2.49. The minimum atomic E-state index is 0.362. The van der Waals surface area contributed by atoms with Crippen molar-refractivity contribution in [2.24, 2.45) is 5.41 Å². The van der Waals surface area contributed by atoms with Gasteiger partial charge in [-0.1, -0.05) is 6.92 Å². The molecule has 1 aliphatic rings. The first kappa shape index (κ1) is 7.42. The molecule has 0 amide bonds. The summed E-state index contributed by atoms with van der Waals surface area (Å²) in [6, 6.07) is 0.